The van der Waals surface area contributed by atoms with Crippen molar-refractivity contribution in [3.05, 3.63) is 48.0 Å². The van der Waals surface area contributed by atoms with Gasteiger partial charge in [-0.05, 0) is 29.2 Å². The third-order valence-corrected chi connectivity index (χ3v) is 3.40. The predicted molar refractivity (Wildman–Crippen MR) is 78.0 cm³/mol. The molecule has 0 aliphatic carbocycles. The number of aliphatic hydroxyl groups excluding tert-OH is 1. The monoisotopic (exact) mass is 259 g/mol. The van der Waals surface area contributed by atoms with Crippen LogP contribution in [0.5, 0.6) is 0 Å². The van der Waals surface area contributed by atoms with E-state index in [1.54, 1.807) is 7.11 Å². The van der Waals surface area contributed by atoms with Crippen molar-refractivity contribution in [2.45, 2.75) is 25.0 Å². The van der Waals surface area contributed by atoms with Crippen LogP contribution >= 0.6 is 0 Å². The fraction of sp³-hybridized carbons (Fsp3) is 0.375. The van der Waals surface area contributed by atoms with Crippen molar-refractivity contribution in [3.63, 3.8) is 0 Å². The van der Waals surface area contributed by atoms with Gasteiger partial charge in [0.1, 0.15) is 0 Å². The van der Waals surface area contributed by atoms with Crippen LogP contribution in [0.3, 0.4) is 0 Å². The predicted octanol–water partition coefficient (Wildman–Crippen LogP) is 2.63. The van der Waals surface area contributed by atoms with E-state index in [1.165, 1.54) is 0 Å². The maximum Gasteiger partial charge on any atom is 0.0810 e. The molecule has 0 bridgehead atoms. The summed E-state index contributed by atoms with van der Waals surface area (Å²) in [5.74, 6) is 0. The van der Waals surface area contributed by atoms with Gasteiger partial charge in [0, 0.05) is 19.8 Å². The summed E-state index contributed by atoms with van der Waals surface area (Å²) in [5.41, 5.74) is 6.95. The summed E-state index contributed by atoms with van der Waals surface area (Å²) < 4.78 is 5.01. The van der Waals surface area contributed by atoms with Gasteiger partial charge in [-0.1, -0.05) is 42.5 Å². The Hall–Kier alpha value is -1.42. The molecule has 0 radical (unpaired) electrons. The summed E-state index contributed by atoms with van der Waals surface area (Å²) in [6.45, 7) is 0.628. The van der Waals surface area contributed by atoms with Crippen molar-refractivity contribution in [3.8, 4) is 0 Å². The minimum atomic E-state index is -0.530. The normalized spacial score (nSPS) is 14.5. The van der Waals surface area contributed by atoms with Gasteiger partial charge in [-0.25, -0.2) is 0 Å². The molecule has 2 atom stereocenters. The molecule has 3 nitrogen and oxygen atoms in total. The topological polar surface area (TPSA) is 55.5 Å². The summed E-state index contributed by atoms with van der Waals surface area (Å²) in [5, 5.41) is 12.6. The molecule has 0 aliphatic rings. The first-order valence-electron chi connectivity index (χ1n) is 6.62. The Morgan fingerprint density at radius 3 is 2.68 bits per heavy atom. The first-order valence-corrected chi connectivity index (χ1v) is 6.62. The van der Waals surface area contributed by atoms with Gasteiger partial charge in [-0.3, -0.25) is 0 Å². The van der Waals surface area contributed by atoms with E-state index in [4.69, 9.17) is 10.5 Å². The van der Waals surface area contributed by atoms with E-state index >= 15 is 0 Å². The minimum absolute atomic E-state index is 0.0473. The number of ether oxygens (including phenoxy) is 1. The lowest BCUT2D eigenvalue weighted by atomic mass is 9.96. The Kier molecular flexibility index (Phi) is 4.91. The molecule has 3 heteroatoms. The van der Waals surface area contributed by atoms with E-state index in [0.717, 1.165) is 22.8 Å². The van der Waals surface area contributed by atoms with Crippen LogP contribution in [0.4, 0.5) is 0 Å². The van der Waals surface area contributed by atoms with Crippen molar-refractivity contribution in [2.75, 3.05) is 13.7 Å². The Morgan fingerprint density at radius 2 is 1.89 bits per heavy atom. The molecule has 0 saturated carbocycles. The molecule has 0 aliphatic heterocycles. The Morgan fingerprint density at radius 1 is 1.16 bits per heavy atom. The molecule has 2 aromatic rings. The van der Waals surface area contributed by atoms with E-state index in [2.05, 4.69) is 12.1 Å². The smallest absolute Gasteiger partial charge is 0.0810 e. The van der Waals surface area contributed by atoms with Crippen molar-refractivity contribution in [1.82, 2.24) is 0 Å². The molecule has 2 rings (SSSR count). The molecule has 0 amide bonds. The molecular weight excluding hydrogens is 238 g/mol. The molecule has 0 saturated heterocycles. The molecule has 2 unspecified atom stereocenters. The van der Waals surface area contributed by atoms with Gasteiger partial charge < -0.3 is 15.6 Å². The average molecular weight is 259 g/mol. The second-order valence-electron chi connectivity index (χ2n) is 4.86. The molecule has 2 aromatic carbocycles. The summed E-state index contributed by atoms with van der Waals surface area (Å²) >= 11 is 0. The van der Waals surface area contributed by atoms with Crippen molar-refractivity contribution in [1.29, 1.82) is 0 Å². The molecule has 19 heavy (non-hydrogen) atoms. The highest BCUT2D eigenvalue weighted by atomic mass is 16.5. The van der Waals surface area contributed by atoms with E-state index in [1.807, 2.05) is 30.3 Å². The van der Waals surface area contributed by atoms with Gasteiger partial charge >= 0.3 is 0 Å². The van der Waals surface area contributed by atoms with Gasteiger partial charge in [0.15, 0.2) is 0 Å². The van der Waals surface area contributed by atoms with Crippen LogP contribution in [0, 0.1) is 0 Å². The largest absolute Gasteiger partial charge is 0.388 e. The van der Waals surface area contributed by atoms with Crippen LogP contribution in [0.2, 0.25) is 0 Å². The zero-order valence-electron chi connectivity index (χ0n) is 11.3. The van der Waals surface area contributed by atoms with Crippen LogP contribution in [0.1, 0.15) is 24.5 Å². The van der Waals surface area contributed by atoms with Crippen LogP contribution in [-0.4, -0.2) is 24.9 Å². The lowest BCUT2D eigenvalue weighted by Crippen LogP contribution is -2.24. The number of aliphatic hydroxyl groups is 1. The van der Waals surface area contributed by atoms with Gasteiger partial charge in [0.25, 0.3) is 0 Å². The summed E-state index contributed by atoms with van der Waals surface area (Å²) in [6, 6.07) is 14.0. The molecule has 0 spiro atoms. The number of benzene rings is 2. The zero-order chi connectivity index (χ0) is 13.7. The number of hydrogen-bond acceptors (Lipinski definition) is 3. The quantitative estimate of drug-likeness (QED) is 0.838. The first-order chi connectivity index (χ1) is 9.22. The third-order valence-electron chi connectivity index (χ3n) is 3.40. The number of rotatable bonds is 6. The van der Waals surface area contributed by atoms with E-state index in [9.17, 15) is 5.11 Å². The lowest BCUT2D eigenvalue weighted by molar-refractivity contribution is 0.142. The highest BCUT2D eigenvalue weighted by Gasteiger charge is 2.14. The van der Waals surface area contributed by atoms with Crippen molar-refractivity contribution < 1.29 is 9.84 Å². The number of fused-ring (bicyclic) bond motifs is 1. The van der Waals surface area contributed by atoms with Crippen LogP contribution < -0.4 is 5.73 Å². The lowest BCUT2D eigenvalue weighted by Gasteiger charge is -2.18. The van der Waals surface area contributed by atoms with Crippen LogP contribution in [0.25, 0.3) is 10.8 Å². The summed E-state index contributed by atoms with van der Waals surface area (Å²) in [6.07, 6.45) is 0.786. The number of hydrogen-bond donors (Lipinski definition) is 2. The fourth-order valence-electron chi connectivity index (χ4n) is 2.34. The highest BCUT2D eigenvalue weighted by Crippen LogP contribution is 2.27. The van der Waals surface area contributed by atoms with E-state index in [0.29, 0.717) is 13.0 Å². The van der Waals surface area contributed by atoms with Crippen molar-refractivity contribution >= 4 is 10.8 Å². The second-order valence-corrected chi connectivity index (χ2v) is 4.86. The van der Waals surface area contributed by atoms with Gasteiger partial charge in [-0.2, -0.15) is 0 Å². The Balaban J connectivity index is 2.15. The number of nitrogens with two attached hydrogens (primary N) is 1. The van der Waals surface area contributed by atoms with Crippen LogP contribution in [0.15, 0.2) is 42.5 Å². The Labute approximate surface area is 114 Å². The molecule has 3 N–H and O–H groups in total. The van der Waals surface area contributed by atoms with E-state index < -0.39 is 6.10 Å². The highest BCUT2D eigenvalue weighted by molar-refractivity contribution is 5.85. The molecule has 102 valence electrons. The third kappa shape index (κ3) is 3.53. The zero-order valence-corrected chi connectivity index (χ0v) is 11.3. The molecule has 0 heterocycles. The minimum Gasteiger partial charge on any atom is -0.388 e. The van der Waals surface area contributed by atoms with Crippen LogP contribution in [-0.2, 0) is 4.74 Å². The van der Waals surface area contributed by atoms with Crippen molar-refractivity contribution in [2.24, 2.45) is 5.73 Å². The number of methoxy groups -OCH3 is 1. The second kappa shape index (κ2) is 6.66. The van der Waals surface area contributed by atoms with E-state index in [-0.39, 0.29) is 6.04 Å². The molecule has 0 fully saturated rings. The van der Waals surface area contributed by atoms with Gasteiger partial charge in [0.2, 0.25) is 0 Å². The first kappa shape index (κ1) is 14.0. The summed E-state index contributed by atoms with van der Waals surface area (Å²) in [7, 11) is 1.66. The summed E-state index contributed by atoms with van der Waals surface area (Å²) in [4.78, 5) is 0. The maximum absolute atomic E-state index is 10.4. The van der Waals surface area contributed by atoms with Gasteiger partial charge in [0.05, 0.1) is 6.10 Å². The molecule has 0 aromatic heterocycles. The fourth-order valence-corrected chi connectivity index (χ4v) is 2.34. The average Bonchev–Trinajstić information content (AvgIpc) is 2.44. The maximum atomic E-state index is 10.4. The molecular formula is C16H21NO2. The standard InChI is InChI=1S/C16H21NO2/c1-19-10-9-13(17)11-16(18)15-8-4-6-12-5-2-3-7-14(12)15/h2-8,13,16,18H,9-11,17H2,1H3. The van der Waals surface area contributed by atoms with Gasteiger partial charge in [-0.15, -0.1) is 0 Å². The Bertz CT molecular complexity index is 522. The SMILES string of the molecule is COCCC(N)CC(O)c1cccc2ccccc12.